The monoisotopic (exact) mass is 390 g/mol. The van der Waals surface area contributed by atoms with Crippen LogP contribution >= 0.6 is 0 Å². The SMILES string of the molecule is CN1C(N)=N[C@](C)(c2cc(-c3cccc(C#N)c3)c(F)cc2F)CS1(=O)=O. The topological polar surface area (TPSA) is 99.5 Å². The van der Waals surface area contributed by atoms with Gasteiger partial charge in [-0.3, -0.25) is 0 Å². The van der Waals surface area contributed by atoms with Crippen LogP contribution in [0.5, 0.6) is 0 Å². The summed E-state index contributed by atoms with van der Waals surface area (Å²) in [5, 5.41) is 9.03. The number of guanidine groups is 1. The van der Waals surface area contributed by atoms with Crippen molar-refractivity contribution in [2.24, 2.45) is 10.7 Å². The minimum Gasteiger partial charge on any atom is -0.369 e. The highest BCUT2D eigenvalue weighted by molar-refractivity contribution is 7.89. The lowest BCUT2D eigenvalue weighted by molar-refractivity contribution is 0.455. The van der Waals surface area contributed by atoms with Crippen molar-refractivity contribution in [3.8, 4) is 17.2 Å². The quantitative estimate of drug-likeness (QED) is 0.850. The number of nitrogens with two attached hydrogens (primary N) is 1. The fraction of sp³-hybridized carbons (Fsp3) is 0.222. The minimum atomic E-state index is -3.81. The lowest BCUT2D eigenvalue weighted by atomic mass is 9.90. The number of benzene rings is 2. The molecule has 1 heterocycles. The highest BCUT2D eigenvalue weighted by atomic mass is 32.2. The number of aliphatic imine (C=N–C) groups is 1. The van der Waals surface area contributed by atoms with Crippen molar-refractivity contribution in [3.05, 3.63) is 59.2 Å². The van der Waals surface area contributed by atoms with Gasteiger partial charge in [-0.05, 0) is 30.7 Å². The lowest BCUT2D eigenvalue weighted by Crippen LogP contribution is -2.50. The first-order chi connectivity index (χ1) is 12.6. The van der Waals surface area contributed by atoms with Crippen LogP contribution in [0.3, 0.4) is 0 Å². The molecule has 6 nitrogen and oxygen atoms in total. The molecule has 0 saturated carbocycles. The average Bonchev–Trinajstić information content (AvgIpc) is 2.59. The Bertz CT molecular complexity index is 1110. The van der Waals surface area contributed by atoms with Crippen LogP contribution < -0.4 is 5.73 Å². The van der Waals surface area contributed by atoms with E-state index in [4.69, 9.17) is 11.0 Å². The molecular weight excluding hydrogens is 374 g/mol. The molecule has 2 aromatic carbocycles. The smallest absolute Gasteiger partial charge is 0.239 e. The molecule has 2 N–H and O–H groups in total. The zero-order chi connectivity index (χ0) is 20.0. The van der Waals surface area contributed by atoms with Crippen molar-refractivity contribution in [2.45, 2.75) is 12.5 Å². The summed E-state index contributed by atoms with van der Waals surface area (Å²) in [6.45, 7) is 1.43. The molecule has 0 aliphatic carbocycles. The van der Waals surface area contributed by atoms with Gasteiger partial charge in [0.15, 0.2) is 0 Å². The molecule has 0 fully saturated rings. The van der Waals surface area contributed by atoms with Crippen LogP contribution in [-0.2, 0) is 15.6 Å². The number of hydrogen-bond donors (Lipinski definition) is 1. The highest BCUT2D eigenvalue weighted by Gasteiger charge is 2.42. The molecule has 2 aromatic rings. The number of halogens is 2. The predicted octanol–water partition coefficient (Wildman–Crippen LogP) is 2.31. The van der Waals surface area contributed by atoms with Crippen LogP contribution in [0.2, 0.25) is 0 Å². The van der Waals surface area contributed by atoms with E-state index in [2.05, 4.69) is 4.99 Å². The molecule has 0 amide bonds. The van der Waals surface area contributed by atoms with Crippen LogP contribution in [-0.4, -0.2) is 31.5 Å². The maximum atomic E-state index is 14.6. The summed E-state index contributed by atoms with van der Waals surface area (Å²) in [7, 11) is -2.55. The molecule has 1 aliphatic rings. The van der Waals surface area contributed by atoms with Gasteiger partial charge in [-0.25, -0.2) is 26.5 Å². The Morgan fingerprint density at radius 1 is 1.26 bits per heavy atom. The Balaban J connectivity index is 2.22. The van der Waals surface area contributed by atoms with Crippen molar-refractivity contribution in [1.82, 2.24) is 4.31 Å². The van der Waals surface area contributed by atoms with Crippen molar-refractivity contribution in [3.63, 3.8) is 0 Å². The molecule has 27 heavy (non-hydrogen) atoms. The maximum absolute atomic E-state index is 14.6. The van der Waals surface area contributed by atoms with Gasteiger partial charge in [-0.1, -0.05) is 12.1 Å². The fourth-order valence-corrected chi connectivity index (χ4v) is 4.48. The molecule has 0 spiro atoms. The molecule has 3 rings (SSSR count). The molecule has 0 unspecified atom stereocenters. The van der Waals surface area contributed by atoms with Crippen LogP contribution in [0.15, 0.2) is 41.4 Å². The van der Waals surface area contributed by atoms with Gasteiger partial charge < -0.3 is 5.73 Å². The molecule has 0 radical (unpaired) electrons. The number of hydrogen-bond acceptors (Lipinski definition) is 5. The van der Waals surface area contributed by atoms with Gasteiger partial charge in [-0.2, -0.15) is 5.26 Å². The van der Waals surface area contributed by atoms with E-state index >= 15 is 0 Å². The molecule has 1 atom stereocenters. The largest absolute Gasteiger partial charge is 0.369 e. The minimum absolute atomic E-state index is 0.0369. The van der Waals surface area contributed by atoms with E-state index in [1.54, 1.807) is 18.2 Å². The van der Waals surface area contributed by atoms with E-state index in [1.807, 2.05) is 6.07 Å². The Hall–Kier alpha value is -2.99. The normalized spacial score (nSPS) is 21.4. The van der Waals surface area contributed by atoms with E-state index < -0.39 is 32.9 Å². The molecule has 140 valence electrons. The maximum Gasteiger partial charge on any atom is 0.239 e. The third-order valence-corrected chi connectivity index (χ3v) is 6.45. The summed E-state index contributed by atoms with van der Waals surface area (Å²) in [5.74, 6) is -2.55. The fourth-order valence-electron chi connectivity index (χ4n) is 3.03. The van der Waals surface area contributed by atoms with Gasteiger partial charge in [0.2, 0.25) is 16.0 Å². The van der Waals surface area contributed by atoms with E-state index in [1.165, 1.54) is 26.1 Å². The first kappa shape index (κ1) is 18.8. The van der Waals surface area contributed by atoms with E-state index in [0.717, 1.165) is 4.31 Å². The number of nitriles is 1. The summed E-state index contributed by atoms with van der Waals surface area (Å²) in [6.07, 6.45) is 0. The van der Waals surface area contributed by atoms with Crippen molar-refractivity contribution in [2.75, 3.05) is 12.8 Å². The Morgan fingerprint density at radius 3 is 2.59 bits per heavy atom. The van der Waals surface area contributed by atoms with Crippen LogP contribution in [0.1, 0.15) is 18.1 Å². The summed E-state index contributed by atoms with van der Waals surface area (Å²) in [5.41, 5.74) is 4.80. The molecule has 0 saturated heterocycles. The van der Waals surface area contributed by atoms with Gasteiger partial charge in [-0.15, -0.1) is 0 Å². The van der Waals surface area contributed by atoms with Crippen LogP contribution in [0, 0.1) is 23.0 Å². The second-order valence-electron chi connectivity index (χ2n) is 6.47. The molecule has 0 aromatic heterocycles. The summed E-state index contributed by atoms with van der Waals surface area (Å²) in [6, 6.07) is 10.0. The van der Waals surface area contributed by atoms with Gasteiger partial charge in [0.25, 0.3) is 0 Å². The van der Waals surface area contributed by atoms with Crippen molar-refractivity contribution in [1.29, 1.82) is 5.26 Å². The summed E-state index contributed by atoms with van der Waals surface area (Å²) < 4.78 is 54.5. The Kier molecular flexibility index (Phi) is 4.40. The molecular formula is C18H16F2N4O2S. The van der Waals surface area contributed by atoms with E-state index in [9.17, 15) is 17.2 Å². The number of nitrogens with zero attached hydrogens (tertiary/aromatic N) is 3. The number of sulfonamides is 1. The Labute approximate surface area is 155 Å². The standard InChI is InChI=1S/C18H16F2N4O2S/c1-18(10-27(25,26)24(2)17(22)23-18)14-7-13(15(19)8-16(14)20)12-5-3-4-11(6-12)9-21/h3-8H,10H2,1-2H3,(H2,22,23)/t18-/m0/s1. The van der Waals surface area contributed by atoms with Crippen LogP contribution in [0.4, 0.5) is 8.78 Å². The zero-order valence-corrected chi connectivity index (χ0v) is 15.4. The van der Waals surface area contributed by atoms with Gasteiger partial charge in [0.1, 0.15) is 17.2 Å². The molecule has 9 heteroatoms. The average molecular weight is 390 g/mol. The van der Waals surface area contributed by atoms with Crippen molar-refractivity contribution < 1.29 is 17.2 Å². The van der Waals surface area contributed by atoms with Gasteiger partial charge in [0.05, 0.1) is 17.4 Å². The number of rotatable bonds is 2. The highest BCUT2D eigenvalue weighted by Crippen LogP contribution is 2.36. The first-order valence-corrected chi connectivity index (χ1v) is 9.50. The van der Waals surface area contributed by atoms with E-state index in [-0.39, 0.29) is 17.1 Å². The first-order valence-electron chi connectivity index (χ1n) is 7.89. The molecule has 0 bridgehead atoms. The Morgan fingerprint density at radius 2 is 1.96 bits per heavy atom. The summed E-state index contributed by atoms with van der Waals surface area (Å²) >= 11 is 0. The summed E-state index contributed by atoms with van der Waals surface area (Å²) in [4.78, 5) is 4.15. The van der Waals surface area contributed by atoms with Crippen LogP contribution in [0.25, 0.3) is 11.1 Å². The van der Waals surface area contributed by atoms with E-state index in [0.29, 0.717) is 17.2 Å². The van der Waals surface area contributed by atoms with Gasteiger partial charge >= 0.3 is 0 Å². The second kappa shape index (κ2) is 6.32. The predicted molar refractivity (Wildman–Crippen MR) is 97.0 cm³/mol. The second-order valence-corrected chi connectivity index (χ2v) is 8.47. The van der Waals surface area contributed by atoms with Gasteiger partial charge in [0, 0.05) is 24.2 Å². The van der Waals surface area contributed by atoms with Crippen molar-refractivity contribution >= 4 is 16.0 Å². The third-order valence-electron chi connectivity index (χ3n) is 4.50. The molecule has 1 aliphatic heterocycles. The lowest BCUT2D eigenvalue weighted by Gasteiger charge is -2.34. The zero-order valence-electron chi connectivity index (χ0n) is 14.6. The third kappa shape index (κ3) is 3.24.